The van der Waals surface area contributed by atoms with Crippen molar-refractivity contribution >= 4 is 23.4 Å². The third kappa shape index (κ3) is 6.03. The third-order valence-electron chi connectivity index (χ3n) is 2.57. The number of halogens is 1. The Kier molecular flexibility index (Phi) is 6.13. The highest BCUT2D eigenvalue weighted by atomic mass is 35.5. The zero-order valence-electron chi connectivity index (χ0n) is 11.2. The summed E-state index contributed by atoms with van der Waals surface area (Å²) in [6, 6.07) is 0. The van der Waals surface area contributed by atoms with Crippen LogP contribution in [0.1, 0.15) is 26.7 Å². The highest BCUT2D eigenvalue weighted by Crippen LogP contribution is 2.21. The Morgan fingerprint density at radius 1 is 1.24 bits per heavy atom. The molecule has 0 aromatic rings. The van der Waals surface area contributed by atoms with Crippen molar-refractivity contribution in [2.24, 2.45) is 11.8 Å². The van der Waals surface area contributed by atoms with Crippen LogP contribution >= 0.6 is 11.6 Å². The number of rotatable bonds is 7. The molecule has 0 spiro atoms. The van der Waals surface area contributed by atoms with E-state index in [0.29, 0.717) is 4.48 Å². The zero-order valence-corrected chi connectivity index (χ0v) is 12.0. The van der Waals surface area contributed by atoms with Crippen molar-refractivity contribution in [1.82, 2.24) is 0 Å². The summed E-state index contributed by atoms with van der Waals surface area (Å²) in [4.78, 5) is 22.9. The first-order valence-electron chi connectivity index (χ1n) is 5.76. The Morgan fingerprint density at radius 2 is 1.71 bits per heavy atom. The second kappa shape index (κ2) is 6.36. The maximum absolute atomic E-state index is 11.8. The van der Waals surface area contributed by atoms with E-state index >= 15 is 0 Å². The van der Waals surface area contributed by atoms with Crippen LogP contribution in [0.4, 0.5) is 0 Å². The van der Waals surface area contributed by atoms with Gasteiger partial charge >= 0.3 is 5.97 Å². The fraction of sp³-hybridized carbons (Fsp3) is 0.833. The van der Waals surface area contributed by atoms with Crippen molar-refractivity contribution in [2.75, 3.05) is 21.1 Å². The Hall–Kier alpha value is -0.610. The van der Waals surface area contributed by atoms with Crippen LogP contribution in [0.5, 0.6) is 0 Å². The van der Waals surface area contributed by atoms with Crippen LogP contribution in [-0.2, 0) is 9.59 Å². The summed E-state index contributed by atoms with van der Waals surface area (Å²) in [5.74, 6) is -2.12. The van der Waals surface area contributed by atoms with Crippen LogP contribution in [0.25, 0.3) is 0 Å². The summed E-state index contributed by atoms with van der Waals surface area (Å²) in [5.41, 5.74) is -0.382. The molecule has 0 amide bonds. The number of hydrogen-bond donors (Lipinski definition) is 1. The van der Waals surface area contributed by atoms with E-state index < -0.39 is 11.9 Å². The summed E-state index contributed by atoms with van der Waals surface area (Å²) in [7, 11) is 5.64. The van der Waals surface area contributed by atoms with Crippen LogP contribution in [-0.4, -0.2) is 48.0 Å². The Morgan fingerprint density at radius 3 is 2.00 bits per heavy atom. The van der Waals surface area contributed by atoms with Crippen molar-refractivity contribution in [3.05, 3.63) is 0 Å². The molecule has 2 atom stereocenters. The molecule has 0 saturated carbocycles. The molecule has 0 aromatic carbocycles. The van der Waals surface area contributed by atoms with E-state index in [9.17, 15) is 9.59 Å². The number of carboxylic acid groups (broad SMARTS) is 1. The van der Waals surface area contributed by atoms with Crippen LogP contribution in [0.2, 0.25) is 0 Å². The molecule has 1 N–H and O–H groups in total. The van der Waals surface area contributed by atoms with Crippen molar-refractivity contribution in [1.29, 1.82) is 0 Å². The van der Waals surface area contributed by atoms with Gasteiger partial charge in [-0.15, -0.1) is 0 Å². The predicted molar refractivity (Wildman–Crippen MR) is 67.9 cm³/mol. The average Bonchev–Trinajstić information content (AvgIpc) is 2.09. The Bertz CT molecular complexity index is 284. The van der Waals surface area contributed by atoms with Crippen molar-refractivity contribution in [3.63, 3.8) is 0 Å². The van der Waals surface area contributed by atoms with Crippen molar-refractivity contribution in [2.45, 2.75) is 32.2 Å². The molecule has 0 aromatic heterocycles. The minimum atomic E-state index is -1.07. The van der Waals surface area contributed by atoms with Gasteiger partial charge in [-0.3, -0.25) is 9.59 Å². The van der Waals surface area contributed by atoms with Gasteiger partial charge in [-0.1, -0.05) is 25.4 Å². The molecule has 0 radical (unpaired) electrons. The topological polar surface area (TPSA) is 54.4 Å². The van der Waals surface area contributed by atoms with Gasteiger partial charge in [0.25, 0.3) is 0 Å². The lowest BCUT2D eigenvalue weighted by atomic mass is 9.93. The van der Waals surface area contributed by atoms with Crippen LogP contribution in [0, 0.1) is 11.8 Å². The third-order valence-corrected chi connectivity index (χ3v) is 3.33. The second-order valence-corrected chi connectivity index (χ2v) is 6.25. The van der Waals surface area contributed by atoms with E-state index in [1.54, 1.807) is 0 Å². The number of ketones is 1. The summed E-state index contributed by atoms with van der Waals surface area (Å²) in [6.45, 7) is 3.80. The SMILES string of the molecule is CC(C)CC(=O)[C@@H](C[C@H](Cl)[N+](C)(C)C)C(=O)O. The summed E-state index contributed by atoms with van der Waals surface area (Å²) in [6.07, 6.45) is 0.462. The molecule has 4 nitrogen and oxygen atoms in total. The first-order chi connectivity index (χ1) is 7.55. The summed E-state index contributed by atoms with van der Waals surface area (Å²) >= 11 is 6.13. The number of carbonyl (C=O) groups is 2. The van der Waals surface area contributed by atoms with E-state index in [2.05, 4.69) is 0 Å². The Balaban J connectivity index is 4.66. The molecule has 100 valence electrons. The number of carboxylic acids is 1. The van der Waals surface area contributed by atoms with Crippen LogP contribution in [0.15, 0.2) is 0 Å². The highest BCUT2D eigenvalue weighted by Gasteiger charge is 2.33. The highest BCUT2D eigenvalue weighted by molar-refractivity contribution is 6.20. The van der Waals surface area contributed by atoms with Gasteiger partial charge in [-0.2, -0.15) is 0 Å². The molecule has 0 saturated heterocycles. The molecule has 17 heavy (non-hydrogen) atoms. The van der Waals surface area contributed by atoms with Gasteiger partial charge in [0.1, 0.15) is 11.7 Å². The maximum Gasteiger partial charge on any atom is 0.314 e. The second-order valence-electron chi connectivity index (χ2n) is 5.74. The van der Waals surface area contributed by atoms with Gasteiger partial charge in [0.15, 0.2) is 5.50 Å². The number of quaternary nitrogens is 1. The number of Topliss-reactive ketones (excluding diaryl/α,β-unsaturated/α-hetero) is 1. The van der Waals surface area contributed by atoms with Crippen LogP contribution < -0.4 is 0 Å². The van der Waals surface area contributed by atoms with Gasteiger partial charge in [0.2, 0.25) is 0 Å². The molecule has 0 fully saturated rings. The number of hydrogen-bond acceptors (Lipinski definition) is 2. The molecule has 0 unspecified atom stereocenters. The van der Waals surface area contributed by atoms with Gasteiger partial charge in [-0.25, -0.2) is 0 Å². The van der Waals surface area contributed by atoms with Gasteiger partial charge in [0.05, 0.1) is 21.1 Å². The number of carbonyl (C=O) groups excluding carboxylic acids is 1. The quantitative estimate of drug-likeness (QED) is 0.331. The summed E-state index contributed by atoms with van der Waals surface area (Å²) in [5, 5.41) is 9.08. The van der Waals surface area contributed by atoms with E-state index in [1.807, 2.05) is 35.0 Å². The lowest BCUT2D eigenvalue weighted by Gasteiger charge is -2.30. The van der Waals surface area contributed by atoms with Gasteiger partial charge in [-0.05, 0) is 5.92 Å². The van der Waals surface area contributed by atoms with E-state index in [0.717, 1.165) is 0 Å². The first-order valence-corrected chi connectivity index (χ1v) is 6.20. The standard InChI is InChI=1S/C12H22ClNO3/c1-8(2)6-10(15)9(12(16)17)7-11(13)14(3,4)5/h8-9,11H,6-7H2,1-5H3/p+1/t9-,11-/m1/s1. The number of aliphatic carboxylic acids is 1. The Labute approximate surface area is 108 Å². The van der Waals surface area contributed by atoms with Gasteiger partial charge in [0, 0.05) is 12.8 Å². The lowest BCUT2D eigenvalue weighted by Crippen LogP contribution is -2.44. The van der Waals surface area contributed by atoms with E-state index in [1.165, 1.54) is 0 Å². The monoisotopic (exact) mass is 264 g/mol. The van der Waals surface area contributed by atoms with Crippen molar-refractivity contribution in [3.8, 4) is 0 Å². The largest absolute Gasteiger partial charge is 0.481 e. The van der Waals surface area contributed by atoms with Crippen LogP contribution in [0.3, 0.4) is 0 Å². The minimum Gasteiger partial charge on any atom is -0.481 e. The number of alkyl halides is 1. The fourth-order valence-corrected chi connectivity index (χ4v) is 1.60. The zero-order chi connectivity index (χ0) is 13.8. The first kappa shape index (κ1) is 16.4. The van der Waals surface area contributed by atoms with Gasteiger partial charge < -0.3 is 9.59 Å². The molecule has 0 heterocycles. The van der Waals surface area contributed by atoms with Crippen molar-refractivity contribution < 1.29 is 19.2 Å². The molecular weight excluding hydrogens is 242 g/mol. The lowest BCUT2D eigenvalue weighted by molar-refractivity contribution is -0.883. The smallest absolute Gasteiger partial charge is 0.314 e. The molecule has 5 heteroatoms. The molecule has 0 aliphatic heterocycles. The molecule has 0 rings (SSSR count). The molecule has 0 aliphatic carbocycles. The normalized spacial score (nSPS) is 15.7. The minimum absolute atomic E-state index is 0.169. The van der Waals surface area contributed by atoms with E-state index in [4.69, 9.17) is 16.7 Å². The predicted octanol–water partition coefficient (Wildman–Crippen LogP) is 1.96. The fourth-order valence-electron chi connectivity index (χ4n) is 1.43. The number of nitrogens with zero attached hydrogens (tertiary/aromatic N) is 1. The maximum atomic E-state index is 11.8. The average molecular weight is 265 g/mol. The molecule has 0 aliphatic rings. The summed E-state index contributed by atoms with van der Waals surface area (Å²) < 4.78 is 0.431. The molecule has 0 bridgehead atoms. The molecular formula is C12H23ClNO3+. The van der Waals surface area contributed by atoms with E-state index in [-0.39, 0.29) is 30.0 Å².